The average Bonchev–Trinajstić information content (AvgIpc) is 2.82. The fourth-order valence-corrected chi connectivity index (χ4v) is 3.82. The van der Waals surface area contributed by atoms with Crippen molar-refractivity contribution in [3.05, 3.63) is 53.1 Å². The number of hydrogen-bond acceptors (Lipinski definition) is 2. The van der Waals surface area contributed by atoms with Gasteiger partial charge in [-0.1, -0.05) is 51.1 Å². The molecule has 3 rings (SSSR count). The van der Waals surface area contributed by atoms with Gasteiger partial charge < -0.3 is 9.53 Å². The van der Waals surface area contributed by atoms with Crippen LogP contribution in [0.15, 0.2) is 36.4 Å². The fraction of sp³-hybridized carbons (Fsp3) is 0.400. The van der Waals surface area contributed by atoms with Gasteiger partial charge in [-0.25, -0.2) is 0 Å². The molecule has 0 heterocycles. The van der Waals surface area contributed by atoms with Crippen molar-refractivity contribution < 1.29 is 9.53 Å². The minimum atomic E-state index is -1.73. The van der Waals surface area contributed by atoms with Crippen LogP contribution in [0.2, 0.25) is 18.1 Å². The van der Waals surface area contributed by atoms with Crippen molar-refractivity contribution in [3.63, 3.8) is 0 Å². The summed E-state index contributed by atoms with van der Waals surface area (Å²) in [7, 11) is -1.73. The van der Waals surface area contributed by atoms with Gasteiger partial charge >= 0.3 is 0 Å². The molecule has 1 N–H and O–H groups in total. The number of hydrogen-bond donors (Lipinski definition) is 1. The lowest BCUT2D eigenvalue weighted by molar-refractivity contribution is 0.276. The van der Waals surface area contributed by atoms with Gasteiger partial charge in [0.1, 0.15) is 5.75 Å². The lowest BCUT2D eigenvalue weighted by atomic mass is 10.0. The molecule has 122 valence electrons. The summed E-state index contributed by atoms with van der Waals surface area (Å²) in [5, 5.41) is 10.4. The third-order valence-electron chi connectivity index (χ3n) is 5.35. The number of benzene rings is 2. The van der Waals surface area contributed by atoms with Crippen molar-refractivity contribution in [2.45, 2.75) is 51.9 Å². The van der Waals surface area contributed by atoms with Crippen molar-refractivity contribution in [3.8, 4) is 16.9 Å². The van der Waals surface area contributed by atoms with Crippen molar-refractivity contribution >= 4 is 8.32 Å². The summed E-state index contributed by atoms with van der Waals surface area (Å²) in [5.41, 5.74) is 5.88. The molecule has 0 aromatic heterocycles. The number of aromatic hydroxyl groups is 1. The molecule has 0 aliphatic heterocycles. The van der Waals surface area contributed by atoms with E-state index in [0.717, 1.165) is 17.5 Å². The van der Waals surface area contributed by atoms with Crippen molar-refractivity contribution in [2.75, 3.05) is 0 Å². The van der Waals surface area contributed by atoms with Crippen molar-refractivity contribution in [1.82, 2.24) is 0 Å². The lowest BCUT2D eigenvalue weighted by Gasteiger charge is -2.36. The second-order valence-electron chi connectivity index (χ2n) is 8.03. The van der Waals surface area contributed by atoms with Gasteiger partial charge in [-0.05, 0) is 52.9 Å². The molecule has 3 heteroatoms. The summed E-state index contributed by atoms with van der Waals surface area (Å²) < 4.78 is 6.33. The highest BCUT2D eigenvalue weighted by atomic mass is 28.4. The SMILES string of the molecule is CC(C)(C)[Si](C)(C)OCc1ccc2c(c1)Cc1cccc(O)c1-2. The molecule has 0 amide bonds. The molecule has 0 unspecified atom stereocenters. The summed E-state index contributed by atoms with van der Waals surface area (Å²) >= 11 is 0. The molecule has 0 atom stereocenters. The summed E-state index contributed by atoms with van der Waals surface area (Å²) in [5.74, 6) is 0.381. The van der Waals surface area contributed by atoms with E-state index in [0.29, 0.717) is 12.4 Å². The molecule has 1 aliphatic rings. The van der Waals surface area contributed by atoms with Crippen LogP contribution in [0.25, 0.3) is 11.1 Å². The normalized spacial score (nSPS) is 13.8. The van der Waals surface area contributed by atoms with E-state index in [1.165, 1.54) is 16.7 Å². The average molecular weight is 327 g/mol. The Labute approximate surface area is 140 Å². The second kappa shape index (κ2) is 5.50. The standard InChI is InChI=1S/C20H26O2Si/c1-20(2,3)23(4,5)22-13-14-9-10-17-16(11-14)12-15-7-6-8-18(21)19(15)17/h6-11,21H,12-13H2,1-5H3. The van der Waals surface area contributed by atoms with E-state index in [1.807, 2.05) is 6.07 Å². The van der Waals surface area contributed by atoms with Crippen LogP contribution >= 0.6 is 0 Å². The Morgan fingerprint density at radius 2 is 1.83 bits per heavy atom. The quantitative estimate of drug-likeness (QED) is 0.645. The Morgan fingerprint density at radius 1 is 1.09 bits per heavy atom. The fourth-order valence-electron chi connectivity index (χ4n) is 2.86. The molecule has 0 bridgehead atoms. The van der Waals surface area contributed by atoms with E-state index in [4.69, 9.17) is 4.43 Å². The molecule has 0 saturated heterocycles. The minimum Gasteiger partial charge on any atom is -0.507 e. The highest BCUT2D eigenvalue weighted by molar-refractivity contribution is 6.74. The lowest BCUT2D eigenvalue weighted by Crippen LogP contribution is -2.40. The maximum Gasteiger partial charge on any atom is 0.192 e. The number of fused-ring (bicyclic) bond motifs is 3. The number of phenols is 1. The first-order chi connectivity index (χ1) is 10.7. The van der Waals surface area contributed by atoms with E-state index in [-0.39, 0.29) is 5.04 Å². The van der Waals surface area contributed by atoms with Gasteiger partial charge in [0.15, 0.2) is 8.32 Å². The van der Waals surface area contributed by atoms with Gasteiger partial charge in [-0.3, -0.25) is 0 Å². The van der Waals surface area contributed by atoms with Crippen LogP contribution < -0.4 is 0 Å². The van der Waals surface area contributed by atoms with Gasteiger partial charge in [-0.15, -0.1) is 0 Å². The summed E-state index contributed by atoms with van der Waals surface area (Å²) in [6.07, 6.45) is 0.896. The predicted octanol–water partition coefficient (Wildman–Crippen LogP) is 5.49. The molecular formula is C20H26O2Si. The van der Waals surface area contributed by atoms with E-state index >= 15 is 0 Å². The Balaban J connectivity index is 1.82. The van der Waals surface area contributed by atoms with Crippen LogP contribution in [0.1, 0.15) is 37.5 Å². The largest absolute Gasteiger partial charge is 0.507 e. The van der Waals surface area contributed by atoms with E-state index in [2.05, 4.69) is 58.1 Å². The summed E-state index contributed by atoms with van der Waals surface area (Å²) in [6, 6.07) is 12.3. The van der Waals surface area contributed by atoms with Gasteiger partial charge in [0, 0.05) is 5.56 Å². The molecule has 2 nitrogen and oxygen atoms in total. The zero-order chi connectivity index (χ0) is 16.8. The third kappa shape index (κ3) is 2.95. The van der Waals surface area contributed by atoms with Gasteiger partial charge in [0.05, 0.1) is 6.61 Å². The summed E-state index contributed by atoms with van der Waals surface area (Å²) in [4.78, 5) is 0. The molecule has 2 aromatic carbocycles. The molecule has 2 aromatic rings. The van der Waals surface area contributed by atoms with E-state index in [9.17, 15) is 5.11 Å². The highest BCUT2D eigenvalue weighted by Crippen LogP contribution is 2.42. The van der Waals surface area contributed by atoms with Crippen LogP contribution in [-0.4, -0.2) is 13.4 Å². The molecule has 0 spiro atoms. The minimum absolute atomic E-state index is 0.228. The van der Waals surface area contributed by atoms with Crippen LogP contribution in [0.4, 0.5) is 0 Å². The predicted molar refractivity (Wildman–Crippen MR) is 98.3 cm³/mol. The molecule has 23 heavy (non-hydrogen) atoms. The zero-order valence-electron chi connectivity index (χ0n) is 14.7. The highest BCUT2D eigenvalue weighted by Gasteiger charge is 2.37. The Hall–Kier alpha value is -1.58. The third-order valence-corrected chi connectivity index (χ3v) is 9.83. The molecule has 1 aliphatic carbocycles. The van der Waals surface area contributed by atoms with Gasteiger partial charge in [0.2, 0.25) is 0 Å². The first kappa shape index (κ1) is 16.3. The first-order valence-corrected chi connectivity index (χ1v) is 11.2. The van der Waals surface area contributed by atoms with E-state index in [1.54, 1.807) is 6.07 Å². The second-order valence-corrected chi connectivity index (χ2v) is 12.8. The molecule has 0 saturated carbocycles. The van der Waals surface area contributed by atoms with Crippen molar-refractivity contribution in [2.24, 2.45) is 0 Å². The van der Waals surface area contributed by atoms with E-state index < -0.39 is 8.32 Å². The molecule has 0 fully saturated rings. The van der Waals surface area contributed by atoms with Crippen LogP contribution in [0, 0.1) is 0 Å². The Bertz CT molecular complexity index is 742. The monoisotopic (exact) mass is 326 g/mol. The topological polar surface area (TPSA) is 29.5 Å². The maximum atomic E-state index is 10.1. The maximum absolute atomic E-state index is 10.1. The van der Waals surface area contributed by atoms with Crippen LogP contribution in [0.3, 0.4) is 0 Å². The van der Waals surface area contributed by atoms with Crippen LogP contribution in [0.5, 0.6) is 5.75 Å². The van der Waals surface area contributed by atoms with Crippen molar-refractivity contribution in [1.29, 1.82) is 0 Å². The number of rotatable bonds is 3. The molecule has 0 radical (unpaired) electrons. The first-order valence-electron chi connectivity index (χ1n) is 8.26. The Kier molecular flexibility index (Phi) is 3.89. The smallest absolute Gasteiger partial charge is 0.192 e. The Morgan fingerprint density at radius 3 is 2.52 bits per heavy atom. The van der Waals surface area contributed by atoms with Gasteiger partial charge in [0.25, 0.3) is 0 Å². The van der Waals surface area contributed by atoms with Crippen LogP contribution in [-0.2, 0) is 17.5 Å². The molecular weight excluding hydrogens is 300 g/mol. The van der Waals surface area contributed by atoms with Gasteiger partial charge in [-0.2, -0.15) is 0 Å². The number of phenolic OH excluding ortho intramolecular Hbond substituents is 1. The zero-order valence-corrected chi connectivity index (χ0v) is 15.7. The summed E-state index contributed by atoms with van der Waals surface area (Å²) in [6.45, 7) is 12.0.